The summed E-state index contributed by atoms with van der Waals surface area (Å²) in [5.41, 5.74) is 7.26. The van der Waals surface area contributed by atoms with Gasteiger partial charge in [-0.05, 0) is 58.6 Å². The molecule has 0 aliphatic rings. The minimum Gasteiger partial charge on any atom is -0.399 e. The van der Waals surface area contributed by atoms with Crippen LogP contribution in [0.1, 0.15) is 15.4 Å². The van der Waals surface area contributed by atoms with E-state index >= 15 is 0 Å². The smallest absolute Gasteiger partial charge is 0.267 e. The lowest BCUT2D eigenvalue weighted by molar-refractivity contribution is 0.102. The molecule has 4 rings (SSSR count). The zero-order valence-corrected chi connectivity index (χ0v) is 20.0. The Hall–Kier alpha value is -3.15. The molecule has 0 radical (unpaired) electrons. The fourth-order valence-corrected chi connectivity index (χ4v) is 5.13. The predicted molar refractivity (Wildman–Crippen MR) is 129 cm³/mol. The molecule has 11 heteroatoms. The van der Waals surface area contributed by atoms with Crippen LogP contribution in [0.5, 0.6) is 0 Å². The van der Waals surface area contributed by atoms with Gasteiger partial charge < -0.3 is 15.6 Å². The Bertz CT molecular complexity index is 1290. The summed E-state index contributed by atoms with van der Waals surface area (Å²) in [6, 6.07) is 19.6. The Morgan fingerprint density at radius 1 is 1.06 bits per heavy atom. The van der Waals surface area contributed by atoms with E-state index in [1.807, 2.05) is 36.4 Å². The second-order valence-corrected chi connectivity index (χ2v) is 9.72. The maximum absolute atomic E-state index is 12.6. The van der Waals surface area contributed by atoms with Crippen molar-refractivity contribution in [3.8, 4) is 0 Å². The molecule has 8 nitrogen and oxygen atoms in total. The standard InChI is InChI=1S/C15H12BrN3O4S2.C6H7N/c1-9-12(16)15(23-18-9)19-25(21,22)11-7-8-24-13(11)14(20)17-10-5-3-2-4-6-10;7-6-4-2-1-3-5-6/h2-8,19H,1H3,(H,17,20);1-5H,7H2. The molecule has 32 heavy (non-hydrogen) atoms. The number of hydrogen-bond acceptors (Lipinski definition) is 7. The number of halogens is 1. The van der Waals surface area contributed by atoms with Crippen LogP contribution in [0, 0.1) is 6.92 Å². The number of nitrogens with one attached hydrogen (secondary N) is 2. The number of aryl methyl sites for hydroxylation is 1. The number of aromatic nitrogens is 1. The van der Waals surface area contributed by atoms with E-state index in [4.69, 9.17) is 10.3 Å². The number of carbonyl (C=O) groups is 1. The molecule has 0 bridgehead atoms. The Kier molecular flexibility index (Phi) is 7.67. The summed E-state index contributed by atoms with van der Waals surface area (Å²) in [6.07, 6.45) is 0. The van der Waals surface area contributed by atoms with E-state index in [9.17, 15) is 13.2 Å². The molecule has 0 aliphatic heterocycles. The van der Waals surface area contributed by atoms with Crippen LogP contribution in [0.25, 0.3) is 0 Å². The SMILES string of the molecule is Cc1noc(NS(=O)(=O)c2ccsc2C(=O)Nc2ccccc2)c1Br.Nc1ccccc1. The fourth-order valence-electron chi connectivity index (χ4n) is 2.44. The molecular weight excluding hydrogens is 516 g/mol. The first-order valence-corrected chi connectivity index (χ1v) is 12.3. The summed E-state index contributed by atoms with van der Waals surface area (Å²) < 4.78 is 32.9. The second kappa shape index (κ2) is 10.4. The number of anilines is 3. The van der Waals surface area contributed by atoms with Crippen LogP contribution in [0.3, 0.4) is 0 Å². The number of thiophene rings is 1. The number of nitrogens with two attached hydrogens (primary N) is 1. The van der Waals surface area contributed by atoms with Gasteiger partial charge >= 0.3 is 0 Å². The maximum Gasteiger partial charge on any atom is 0.267 e. The molecule has 0 saturated carbocycles. The zero-order chi connectivity index (χ0) is 23.1. The molecular formula is C21H19BrN4O4S2. The third-order valence-electron chi connectivity index (χ3n) is 3.97. The highest BCUT2D eigenvalue weighted by Crippen LogP contribution is 2.30. The molecule has 2 aromatic carbocycles. The largest absolute Gasteiger partial charge is 0.399 e. The number of amides is 1. The third kappa shape index (κ3) is 5.96. The van der Waals surface area contributed by atoms with Gasteiger partial charge in [-0.2, -0.15) is 0 Å². The zero-order valence-electron chi connectivity index (χ0n) is 16.8. The van der Waals surface area contributed by atoms with Gasteiger partial charge in [-0.15, -0.1) is 11.3 Å². The predicted octanol–water partition coefficient (Wildman–Crippen LogP) is 5.13. The molecule has 0 spiro atoms. The van der Waals surface area contributed by atoms with Gasteiger partial charge in [-0.3, -0.25) is 4.79 Å². The highest BCUT2D eigenvalue weighted by molar-refractivity contribution is 9.10. The van der Waals surface area contributed by atoms with Crippen molar-refractivity contribution < 1.29 is 17.7 Å². The molecule has 0 unspecified atom stereocenters. The topological polar surface area (TPSA) is 127 Å². The van der Waals surface area contributed by atoms with Crippen LogP contribution in [-0.2, 0) is 10.0 Å². The Labute approximate surface area is 197 Å². The molecule has 1 amide bonds. The van der Waals surface area contributed by atoms with Gasteiger partial charge in [-0.25, -0.2) is 13.1 Å². The Balaban J connectivity index is 0.000000352. The summed E-state index contributed by atoms with van der Waals surface area (Å²) in [4.78, 5) is 12.4. The van der Waals surface area contributed by atoms with Crippen molar-refractivity contribution in [3.63, 3.8) is 0 Å². The van der Waals surface area contributed by atoms with Crippen molar-refractivity contribution in [2.75, 3.05) is 15.8 Å². The fraction of sp³-hybridized carbons (Fsp3) is 0.0476. The molecule has 4 aromatic rings. The Morgan fingerprint density at radius 2 is 1.69 bits per heavy atom. The molecule has 0 saturated heterocycles. The van der Waals surface area contributed by atoms with Crippen molar-refractivity contribution in [1.82, 2.24) is 5.16 Å². The van der Waals surface area contributed by atoms with E-state index in [1.54, 1.807) is 31.2 Å². The number of hydrogen-bond donors (Lipinski definition) is 3. The average Bonchev–Trinajstić information content (AvgIpc) is 3.39. The summed E-state index contributed by atoms with van der Waals surface area (Å²) in [6.45, 7) is 1.66. The van der Waals surface area contributed by atoms with Crippen LogP contribution in [0.15, 0.2) is 86.0 Å². The van der Waals surface area contributed by atoms with Gasteiger partial charge in [0.25, 0.3) is 21.8 Å². The number of carbonyl (C=O) groups excluding carboxylic acids is 1. The quantitative estimate of drug-likeness (QED) is 0.304. The van der Waals surface area contributed by atoms with Crippen molar-refractivity contribution in [1.29, 1.82) is 0 Å². The number of benzene rings is 2. The van der Waals surface area contributed by atoms with Crippen LogP contribution in [-0.4, -0.2) is 19.5 Å². The summed E-state index contributed by atoms with van der Waals surface area (Å²) in [5.74, 6) is -0.549. The summed E-state index contributed by atoms with van der Waals surface area (Å²) in [5, 5.41) is 7.88. The number of rotatable bonds is 5. The van der Waals surface area contributed by atoms with Crippen molar-refractivity contribution in [2.24, 2.45) is 0 Å². The van der Waals surface area contributed by atoms with E-state index in [0.717, 1.165) is 17.0 Å². The third-order valence-corrected chi connectivity index (χ3v) is 7.32. The maximum atomic E-state index is 12.6. The van der Waals surface area contributed by atoms with Gasteiger partial charge in [0.15, 0.2) is 0 Å². The molecule has 166 valence electrons. The number of nitrogen functional groups attached to an aromatic ring is 1. The molecule has 0 atom stereocenters. The summed E-state index contributed by atoms with van der Waals surface area (Å²) in [7, 11) is -4.01. The lowest BCUT2D eigenvalue weighted by Crippen LogP contribution is -2.18. The first-order valence-electron chi connectivity index (χ1n) is 9.17. The second-order valence-electron chi connectivity index (χ2n) is 6.36. The average molecular weight is 535 g/mol. The van der Waals surface area contributed by atoms with Gasteiger partial charge in [0.05, 0.1) is 5.69 Å². The van der Waals surface area contributed by atoms with E-state index < -0.39 is 15.9 Å². The monoisotopic (exact) mass is 534 g/mol. The molecule has 2 heterocycles. The van der Waals surface area contributed by atoms with Crippen molar-refractivity contribution in [2.45, 2.75) is 11.8 Å². The van der Waals surface area contributed by atoms with E-state index in [0.29, 0.717) is 15.9 Å². The highest BCUT2D eigenvalue weighted by atomic mass is 79.9. The Morgan fingerprint density at radius 3 is 2.22 bits per heavy atom. The van der Waals surface area contributed by atoms with Crippen molar-refractivity contribution in [3.05, 3.63) is 87.2 Å². The van der Waals surface area contributed by atoms with Gasteiger partial charge in [0.1, 0.15) is 14.2 Å². The van der Waals surface area contributed by atoms with Gasteiger partial charge in [0, 0.05) is 11.4 Å². The van der Waals surface area contributed by atoms with E-state index in [-0.39, 0.29) is 15.7 Å². The van der Waals surface area contributed by atoms with Crippen LogP contribution >= 0.6 is 27.3 Å². The van der Waals surface area contributed by atoms with Gasteiger partial charge in [0.2, 0.25) is 0 Å². The van der Waals surface area contributed by atoms with Crippen LogP contribution in [0.2, 0.25) is 0 Å². The highest BCUT2D eigenvalue weighted by Gasteiger charge is 2.26. The number of sulfonamides is 1. The van der Waals surface area contributed by atoms with E-state index in [1.165, 1.54) is 11.4 Å². The molecule has 2 aromatic heterocycles. The number of para-hydroxylation sites is 2. The molecule has 0 fully saturated rings. The van der Waals surface area contributed by atoms with Gasteiger partial charge in [-0.1, -0.05) is 41.6 Å². The van der Waals surface area contributed by atoms with Crippen LogP contribution in [0.4, 0.5) is 17.3 Å². The normalized spacial score (nSPS) is 10.7. The lowest BCUT2D eigenvalue weighted by atomic mass is 10.3. The first-order chi connectivity index (χ1) is 15.3. The van der Waals surface area contributed by atoms with E-state index in [2.05, 4.69) is 31.1 Å². The molecule has 4 N–H and O–H groups in total. The molecule has 0 aliphatic carbocycles. The van der Waals surface area contributed by atoms with Crippen LogP contribution < -0.4 is 15.8 Å². The first kappa shape index (κ1) is 23.5. The number of nitrogens with zero attached hydrogens (tertiary/aromatic N) is 1. The minimum absolute atomic E-state index is 0.0434. The lowest BCUT2D eigenvalue weighted by Gasteiger charge is -2.07. The minimum atomic E-state index is -4.01. The van der Waals surface area contributed by atoms with Crippen molar-refractivity contribution >= 4 is 60.5 Å². The summed E-state index contributed by atoms with van der Waals surface area (Å²) >= 11 is 4.23.